The van der Waals surface area contributed by atoms with Gasteiger partial charge in [0.1, 0.15) is 5.01 Å². The van der Waals surface area contributed by atoms with E-state index < -0.39 is 0 Å². The zero-order chi connectivity index (χ0) is 9.85. The van der Waals surface area contributed by atoms with E-state index in [0.29, 0.717) is 16.7 Å². The molecule has 0 radical (unpaired) electrons. The Balaban J connectivity index is 2.32. The molecule has 1 saturated carbocycles. The molecule has 0 saturated heterocycles. The van der Waals surface area contributed by atoms with Crippen LogP contribution in [-0.2, 0) is 0 Å². The van der Waals surface area contributed by atoms with E-state index in [1.807, 2.05) is 0 Å². The fraction of sp³-hybridized carbons (Fsp3) is 0.778. The molecule has 1 aromatic heterocycles. The first-order valence-electron chi connectivity index (χ1n) is 4.36. The minimum Gasteiger partial charge on any atom is -0.214 e. The SMILES string of the molecule is CC1(C)C(c2nc(I)ns2)C1(C)C. The van der Waals surface area contributed by atoms with Crippen molar-refractivity contribution in [3.8, 4) is 0 Å². The highest BCUT2D eigenvalue weighted by atomic mass is 127. The Morgan fingerprint density at radius 1 is 1.23 bits per heavy atom. The Kier molecular flexibility index (Phi) is 2.01. The standard InChI is InChI=1S/C9H13IN2S/c1-8(2)5(9(8,3)4)6-11-7(10)12-13-6/h5H,1-4H3. The highest BCUT2D eigenvalue weighted by Gasteiger charge is 2.66. The molecule has 0 bridgehead atoms. The number of hydrogen-bond donors (Lipinski definition) is 0. The summed E-state index contributed by atoms with van der Waals surface area (Å²) in [4.78, 5) is 4.46. The molecule has 72 valence electrons. The number of hydrogen-bond acceptors (Lipinski definition) is 3. The van der Waals surface area contributed by atoms with E-state index in [-0.39, 0.29) is 0 Å². The van der Waals surface area contributed by atoms with Crippen LogP contribution in [-0.4, -0.2) is 9.36 Å². The molecular weight excluding hydrogens is 295 g/mol. The third-order valence-electron chi connectivity index (χ3n) is 3.68. The maximum absolute atomic E-state index is 4.46. The van der Waals surface area contributed by atoms with Crippen LogP contribution in [0.4, 0.5) is 0 Å². The lowest BCUT2D eigenvalue weighted by molar-refractivity contribution is 0.457. The maximum atomic E-state index is 4.46. The molecule has 4 heteroatoms. The average molecular weight is 308 g/mol. The van der Waals surface area contributed by atoms with Gasteiger partial charge in [-0.2, -0.15) is 4.37 Å². The quantitative estimate of drug-likeness (QED) is 0.744. The first-order chi connectivity index (χ1) is 5.87. The fourth-order valence-corrected chi connectivity index (χ4v) is 3.90. The molecule has 1 aliphatic carbocycles. The van der Waals surface area contributed by atoms with Gasteiger partial charge in [-0.25, -0.2) is 4.98 Å². The van der Waals surface area contributed by atoms with Crippen molar-refractivity contribution >= 4 is 34.1 Å². The van der Waals surface area contributed by atoms with Crippen molar-refractivity contribution in [3.05, 3.63) is 8.84 Å². The van der Waals surface area contributed by atoms with Crippen molar-refractivity contribution in [2.75, 3.05) is 0 Å². The van der Waals surface area contributed by atoms with Crippen LogP contribution in [0.25, 0.3) is 0 Å². The van der Waals surface area contributed by atoms with Crippen molar-refractivity contribution in [3.63, 3.8) is 0 Å². The van der Waals surface area contributed by atoms with Crippen molar-refractivity contribution < 1.29 is 0 Å². The van der Waals surface area contributed by atoms with Crippen molar-refractivity contribution in [2.24, 2.45) is 10.8 Å². The molecule has 0 N–H and O–H groups in total. The summed E-state index contributed by atoms with van der Waals surface area (Å²) in [5.41, 5.74) is 0.769. The van der Waals surface area contributed by atoms with E-state index in [9.17, 15) is 0 Å². The lowest BCUT2D eigenvalue weighted by atomic mass is 10.0. The molecule has 1 aliphatic rings. The molecular formula is C9H13IN2S. The molecule has 2 nitrogen and oxygen atoms in total. The highest BCUT2D eigenvalue weighted by molar-refractivity contribution is 14.1. The topological polar surface area (TPSA) is 25.8 Å². The van der Waals surface area contributed by atoms with Gasteiger partial charge in [0.25, 0.3) is 0 Å². The van der Waals surface area contributed by atoms with E-state index in [0.717, 1.165) is 3.83 Å². The van der Waals surface area contributed by atoms with Crippen molar-refractivity contribution in [1.82, 2.24) is 9.36 Å². The Morgan fingerprint density at radius 3 is 2.08 bits per heavy atom. The van der Waals surface area contributed by atoms with Crippen LogP contribution in [0.15, 0.2) is 0 Å². The smallest absolute Gasteiger partial charge is 0.203 e. The Morgan fingerprint density at radius 2 is 1.77 bits per heavy atom. The first kappa shape index (κ1) is 9.83. The lowest BCUT2D eigenvalue weighted by Gasteiger charge is -2.03. The Labute approximate surface area is 96.5 Å². The van der Waals surface area contributed by atoms with Gasteiger partial charge < -0.3 is 0 Å². The first-order valence-corrected chi connectivity index (χ1v) is 6.21. The number of halogens is 1. The lowest BCUT2D eigenvalue weighted by Crippen LogP contribution is -1.95. The largest absolute Gasteiger partial charge is 0.214 e. The van der Waals surface area contributed by atoms with Crippen molar-refractivity contribution in [2.45, 2.75) is 33.6 Å². The van der Waals surface area contributed by atoms with Crippen LogP contribution in [0.1, 0.15) is 38.6 Å². The van der Waals surface area contributed by atoms with Crippen LogP contribution < -0.4 is 0 Å². The van der Waals surface area contributed by atoms with Gasteiger partial charge in [-0.15, -0.1) is 0 Å². The van der Waals surface area contributed by atoms with Crippen LogP contribution in [0.5, 0.6) is 0 Å². The molecule has 0 spiro atoms. The van der Waals surface area contributed by atoms with E-state index in [2.05, 4.69) is 59.6 Å². The second-order valence-corrected chi connectivity index (χ2v) is 6.53. The fourth-order valence-electron chi connectivity index (χ4n) is 2.15. The molecule has 0 aliphatic heterocycles. The summed E-state index contributed by atoms with van der Waals surface area (Å²) in [6.45, 7) is 9.25. The maximum Gasteiger partial charge on any atom is 0.203 e. The summed E-state index contributed by atoms with van der Waals surface area (Å²) in [6.07, 6.45) is 0. The summed E-state index contributed by atoms with van der Waals surface area (Å²) in [6, 6.07) is 0. The van der Waals surface area contributed by atoms with Gasteiger partial charge in [0, 0.05) is 28.5 Å². The van der Waals surface area contributed by atoms with Crippen LogP contribution >= 0.6 is 34.1 Å². The molecule has 1 aromatic rings. The third-order valence-corrected chi connectivity index (χ3v) is 5.27. The molecule has 1 heterocycles. The van der Waals surface area contributed by atoms with Crippen LogP contribution in [0.3, 0.4) is 0 Å². The molecule has 1 fully saturated rings. The van der Waals surface area contributed by atoms with Gasteiger partial charge in [-0.3, -0.25) is 0 Å². The predicted octanol–water partition coefficient (Wildman–Crippen LogP) is 3.29. The number of nitrogens with zero attached hydrogens (tertiary/aromatic N) is 2. The second kappa shape index (κ2) is 2.66. The Hall–Kier alpha value is 0.290. The normalized spacial score (nSPS) is 24.7. The molecule has 13 heavy (non-hydrogen) atoms. The summed E-state index contributed by atoms with van der Waals surface area (Å²) >= 11 is 3.73. The minimum absolute atomic E-state index is 0.385. The molecule has 0 unspecified atom stereocenters. The summed E-state index contributed by atoms with van der Waals surface area (Å²) in [5, 5.41) is 1.21. The molecule has 0 amide bonds. The predicted molar refractivity (Wildman–Crippen MR) is 62.9 cm³/mol. The number of aromatic nitrogens is 2. The van der Waals surface area contributed by atoms with E-state index in [4.69, 9.17) is 0 Å². The monoisotopic (exact) mass is 308 g/mol. The van der Waals surface area contributed by atoms with Crippen LogP contribution in [0.2, 0.25) is 0 Å². The zero-order valence-electron chi connectivity index (χ0n) is 8.26. The van der Waals surface area contributed by atoms with Gasteiger partial charge in [0.15, 0.2) is 0 Å². The minimum atomic E-state index is 0.385. The highest BCUT2D eigenvalue weighted by Crippen LogP contribution is 2.73. The molecule has 2 rings (SSSR count). The van der Waals surface area contributed by atoms with Crippen LogP contribution in [0, 0.1) is 14.7 Å². The zero-order valence-corrected chi connectivity index (χ0v) is 11.2. The van der Waals surface area contributed by atoms with Gasteiger partial charge in [0.2, 0.25) is 3.83 Å². The van der Waals surface area contributed by atoms with E-state index >= 15 is 0 Å². The summed E-state index contributed by atoms with van der Waals surface area (Å²) < 4.78 is 5.11. The number of rotatable bonds is 1. The third kappa shape index (κ3) is 1.25. The van der Waals surface area contributed by atoms with Gasteiger partial charge in [-0.05, 0) is 22.4 Å². The van der Waals surface area contributed by atoms with E-state index in [1.165, 1.54) is 5.01 Å². The van der Waals surface area contributed by atoms with Gasteiger partial charge >= 0.3 is 0 Å². The van der Waals surface area contributed by atoms with Gasteiger partial charge in [0.05, 0.1) is 0 Å². The van der Waals surface area contributed by atoms with E-state index in [1.54, 1.807) is 11.5 Å². The second-order valence-electron chi connectivity index (χ2n) is 4.78. The molecule has 0 atom stereocenters. The molecule has 0 aromatic carbocycles. The summed E-state index contributed by atoms with van der Waals surface area (Å²) in [7, 11) is 0. The Bertz CT molecular complexity index is 329. The summed E-state index contributed by atoms with van der Waals surface area (Å²) in [5.74, 6) is 0.598. The van der Waals surface area contributed by atoms with Crippen molar-refractivity contribution in [1.29, 1.82) is 0 Å². The average Bonchev–Trinajstić information content (AvgIpc) is 2.32. The van der Waals surface area contributed by atoms with Gasteiger partial charge in [-0.1, -0.05) is 27.7 Å².